The molecule has 7 heteroatoms. The Kier molecular flexibility index (Phi) is 6.61. The number of ether oxygens (including phenoxy) is 1. The standard InChI is InChI=1S/C30H42N2O5/c1-28-10-7-23(31-37-18-15-32-13-16-35-17-14-32)19-22(28)4-5-26-25(28)8-11-29(2)24(9-12-30(26,29)34)21-3-6-27(33)36-20-21/h3,6,19-20,24-26,34H,4-5,7-18H2,1-2H3/b31-23+/t24-,25?,26?,28+,29-,30+/m1/s1. The van der Waals surface area contributed by atoms with Gasteiger partial charge in [-0.15, -0.1) is 0 Å². The van der Waals surface area contributed by atoms with Gasteiger partial charge >= 0.3 is 5.63 Å². The molecule has 1 saturated heterocycles. The van der Waals surface area contributed by atoms with Gasteiger partial charge in [-0.3, -0.25) is 4.90 Å². The Morgan fingerprint density at radius 2 is 1.92 bits per heavy atom. The minimum absolute atomic E-state index is 0.115. The summed E-state index contributed by atoms with van der Waals surface area (Å²) in [5.41, 5.74) is 2.56. The second kappa shape index (κ2) is 9.65. The van der Waals surface area contributed by atoms with Gasteiger partial charge in [0.05, 0.1) is 30.8 Å². The van der Waals surface area contributed by atoms with Crippen LogP contribution in [0.4, 0.5) is 0 Å². The summed E-state index contributed by atoms with van der Waals surface area (Å²) < 4.78 is 10.6. The van der Waals surface area contributed by atoms with E-state index in [1.54, 1.807) is 6.26 Å². The Labute approximate surface area is 219 Å². The highest BCUT2D eigenvalue weighted by molar-refractivity contribution is 5.96. The lowest BCUT2D eigenvalue weighted by molar-refractivity contribution is -0.176. The third-order valence-electron chi connectivity index (χ3n) is 11.1. The van der Waals surface area contributed by atoms with Crippen molar-refractivity contribution in [2.45, 2.75) is 76.7 Å². The van der Waals surface area contributed by atoms with Gasteiger partial charge in [-0.2, -0.15) is 0 Å². The van der Waals surface area contributed by atoms with Crippen molar-refractivity contribution in [3.8, 4) is 0 Å². The van der Waals surface area contributed by atoms with E-state index in [-0.39, 0.29) is 22.4 Å². The Morgan fingerprint density at radius 1 is 1.08 bits per heavy atom. The summed E-state index contributed by atoms with van der Waals surface area (Å²) in [6, 6.07) is 3.43. The number of hydrogen-bond acceptors (Lipinski definition) is 7. The molecule has 37 heavy (non-hydrogen) atoms. The van der Waals surface area contributed by atoms with Crippen molar-refractivity contribution < 1.29 is 19.1 Å². The predicted octanol–water partition coefficient (Wildman–Crippen LogP) is 4.51. The summed E-state index contributed by atoms with van der Waals surface area (Å²) >= 11 is 0. The molecule has 0 aromatic carbocycles. The van der Waals surface area contributed by atoms with Crippen LogP contribution in [-0.4, -0.2) is 60.8 Å². The van der Waals surface area contributed by atoms with E-state index in [1.807, 2.05) is 6.07 Å². The van der Waals surface area contributed by atoms with Crippen LogP contribution in [0.2, 0.25) is 0 Å². The van der Waals surface area contributed by atoms with Crippen LogP contribution in [0, 0.1) is 22.7 Å². The molecular formula is C30H42N2O5. The number of fused-ring (bicyclic) bond motifs is 5. The number of hydrogen-bond donors (Lipinski definition) is 1. The molecule has 3 saturated carbocycles. The highest BCUT2D eigenvalue weighted by Gasteiger charge is 2.66. The molecule has 6 atom stereocenters. The van der Waals surface area contributed by atoms with E-state index >= 15 is 0 Å². The molecule has 1 aromatic rings. The fourth-order valence-electron chi connectivity index (χ4n) is 8.84. The van der Waals surface area contributed by atoms with Gasteiger partial charge in [0.15, 0.2) is 0 Å². The lowest BCUT2D eigenvalue weighted by atomic mass is 9.45. The number of morpholine rings is 1. The first-order valence-electron chi connectivity index (χ1n) is 14.3. The molecule has 0 bridgehead atoms. The zero-order chi connectivity index (χ0) is 25.7. The first kappa shape index (κ1) is 25.3. The van der Waals surface area contributed by atoms with Crippen molar-refractivity contribution in [3.05, 3.63) is 46.0 Å². The molecule has 6 rings (SSSR count). The molecule has 2 heterocycles. The molecule has 1 aliphatic heterocycles. The summed E-state index contributed by atoms with van der Waals surface area (Å²) in [6.45, 7) is 9.80. The Morgan fingerprint density at radius 3 is 2.70 bits per heavy atom. The highest BCUT2D eigenvalue weighted by atomic mass is 16.6. The topological polar surface area (TPSA) is 84.5 Å². The summed E-state index contributed by atoms with van der Waals surface area (Å²) in [7, 11) is 0. The molecule has 202 valence electrons. The van der Waals surface area contributed by atoms with E-state index in [2.05, 4.69) is 30.0 Å². The molecule has 1 aromatic heterocycles. The van der Waals surface area contributed by atoms with Crippen LogP contribution in [0.1, 0.15) is 76.7 Å². The molecule has 2 unspecified atom stereocenters. The average Bonchev–Trinajstić information content (AvgIpc) is 3.19. The number of oxime groups is 1. The Hall–Kier alpha value is -1.96. The first-order chi connectivity index (χ1) is 17.8. The van der Waals surface area contributed by atoms with Crippen molar-refractivity contribution in [1.82, 2.24) is 4.90 Å². The van der Waals surface area contributed by atoms with E-state index in [0.29, 0.717) is 18.4 Å². The lowest BCUT2D eigenvalue weighted by Crippen LogP contribution is -2.60. The Balaban J connectivity index is 1.16. The van der Waals surface area contributed by atoms with E-state index < -0.39 is 5.60 Å². The van der Waals surface area contributed by atoms with Crippen LogP contribution in [0.25, 0.3) is 0 Å². The number of nitrogens with zero attached hydrogens (tertiary/aromatic N) is 2. The smallest absolute Gasteiger partial charge is 0.335 e. The second-order valence-corrected chi connectivity index (χ2v) is 12.6. The predicted molar refractivity (Wildman–Crippen MR) is 142 cm³/mol. The summed E-state index contributed by atoms with van der Waals surface area (Å²) in [6.07, 6.45) is 11.9. The largest absolute Gasteiger partial charge is 0.431 e. The van der Waals surface area contributed by atoms with Crippen molar-refractivity contribution in [2.24, 2.45) is 27.8 Å². The van der Waals surface area contributed by atoms with Crippen LogP contribution >= 0.6 is 0 Å². The minimum Gasteiger partial charge on any atom is -0.431 e. The first-order valence-corrected chi connectivity index (χ1v) is 14.3. The fraction of sp³-hybridized carbons (Fsp3) is 0.733. The number of allylic oxidation sites excluding steroid dienone is 2. The van der Waals surface area contributed by atoms with Crippen LogP contribution in [0.5, 0.6) is 0 Å². The van der Waals surface area contributed by atoms with E-state index in [9.17, 15) is 9.90 Å². The Bertz CT molecular complexity index is 1100. The summed E-state index contributed by atoms with van der Waals surface area (Å²) in [5, 5.41) is 16.9. The van der Waals surface area contributed by atoms with E-state index in [0.717, 1.165) is 95.5 Å². The second-order valence-electron chi connectivity index (χ2n) is 12.6. The number of aliphatic hydroxyl groups is 1. The van der Waals surface area contributed by atoms with Crippen molar-refractivity contribution in [2.75, 3.05) is 39.5 Å². The molecule has 0 spiro atoms. The highest BCUT2D eigenvalue weighted by Crippen LogP contribution is 2.69. The van der Waals surface area contributed by atoms with E-state index in [4.69, 9.17) is 14.0 Å². The van der Waals surface area contributed by atoms with Gasteiger partial charge in [-0.1, -0.05) is 24.6 Å². The molecule has 5 aliphatic rings. The van der Waals surface area contributed by atoms with Gasteiger partial charge in [0.25, 0.3) is 0 Å². The maximum atomic E-state index is 12.4. The monoisotopic (exact) mass is 510 g/mol. The third kappa shape index (κ3) is 4.22. The maximum Gasteiger partial charge on any atom is 0.335 e. The van der Waals surface area contributed by atoms with Gasteiger partial charge in [-0.25, -0.2) is 4.79 Å². The van der Waals surface area contributed by atoms with Gasteiger partial charge in [0.2, 0.25) is 0 Å². The molecule has 4 aliphatic carbocycles. The molecular weight excluding hydrogens is 468 g/mol. The molecule has 0 amide bonds. The lowest BCUT2D eigenvalue weighted by Gasteiger charge is -2.61. The molecule has 1 N–H and O–H groups in total. The molecule has 4 fully saturated rings. The van der Waals surface area contributed by atoms with Gasteiger partial charge in [-0.05, 0) is 92.2 Å². The third-order valence-corrected chi connectivity index (χ3v) is 11.1. The summed E-state index contributed by atoms with van der Waals surface area (Å²) in [4.78, 5) is 19.6. The van der Waals surface area contributed by atoms with Crippen LogP contribution in [0.15, 0.2) is 44.4 Å². The quantitative estimate of drug-likeness (QED) is 0.464. The maximum absolute atomic E-state index is 12.4. The van der Waals surface area contributed by atoms with Crippen LogP contribution < -0.4 is 5.63 Å². The van der Waals surface area contributed by atoms with Crippen molar-refractivity contribution in [1.29, 1.82) is 0 Å². The normalized spacial score (nSPS) is 41.0. The van der Waals surface area contributed by atoms with E-state index in [1.165, 1.54) is 11.6 Å². The van der Waals surface area contributed by atoms with Crippen molar-refractivity contribution >= 4 is 5.71 Å². The number of rotatable bonds is 5. The fourth-order valence-corrected chi connectivity index (χ4v) is 8.84. The SMILES string of the molecule is C[C@]12CC/C(=N\OCCN3CCOCC3)C=C1CCC1C2CC[C@]2(C)[C@@H](c3ccc(=O)oc3)CC[C@]12O. The van der Waals surface area contributed by atoms with Gasteiger partial charge in [0, 0.05) is 31.1 Å². The van der Waals surface area contributed by atoms with Gasteiger partial charge < -0.3 is 19.1 Å². The summed E-state index contributed by atoms with van der Waals surface area (Å²) in [5.74, 6) is 1.02. The van der Waals surface area contributed by atoms with Crippen LogP contribution in [0.3, 0.4) is 0 Å². The van der Waals surface area contributed by atoms with Crippen LogP contribution in [-0.2, 0) is 9.57 Å². The zero-order valence-electron chi connectivity index (χ0n) is 22.4. The molecule has 7 nitrogen and oxygen atoms in total. The van der Waals surface area contributed by atoms with Crippen molar-refractivity contribution in [3.63, 3.8) is 0 Å². The zero-order valence-corrected chi connectivity index (χ0v) is 22.4. The average molecular weight is 511 g/mol. The molecule has 0 radical (unpaired) electrons. The minimum atomic E-state index is -0.678. The van der Waals surface area contributed by atoms with Gasteiger partial charge in [0.1, 0.15) is 6.61 Å².